The van der Waals surface area contributed by atoms with Gasteiger partial charge < -0.3 is 0 Å². The Hall–Kier alpha value is -2.32. The highest BCUT2D eigenvalue weighted by atomic mass is 79.9. The number of hydrazone groups is 2. The molecular formula is C18H16Br2N4O2. The zero-order chi connectivity index (χ0) is 19.1. The van der Waals surface area contributed by atoms with Crippen LogP contribution in [-0.2, 0) is 9.59 Å². The van der Waals surface area contributed by atoms with Crippen LogP contribution < -0.4 is 10.9 Å². The third-order valence-electron chi connectivity index (χ3n) is 3.34. The second-order valence-electron chi connectivity index (χ2n) is 5.30. The van der Waals surface area contributed by atoms with E-state index in [4.69, 9.17) is 0 Å². The van der Waals surface area contributed by atoms with Gasteiger partial charge in [0.05, 0.1) is 11.4 Å². The summed E-state index contributed by atoms with van der Waals surface area (Å²) in [4.78, 5) is 23.7. The van der Waals surface area contributed by atoms with E-state index < -0.39 is 11.8 Å². The third kappa shape index (κ3) is 5.89. The standard InChI is InChI=1S/C18H16Br2N4O2/c1-11(13-5-3-7-15(19)9-13)21-23-17(25)18(26)24-22-12(2)14-6-4-8-16(20)10-14/h3-10H,1-2H3,(H,23,25)(H,24,26). The molecule has 0 unspecified atom stereocenters. The number of carbonyl (C=O) groups excluding carboxylic acids is 2. The molecule has 0 spiro atoms. The van der Waals surface area contributed by atoms with Crippen molar-refractivity contribution in [2.45, 2.75) is 13.8 Å². The highest BCUT2D eigenvalue weighted by Crippen LogP contribution is 2.13. The van der Waals surface area contributed by atoms with Gasteiger partial charge >= 0.3 is 11.8 Å². The van der Waals surface area contributed by atoms with E-state index in [-0.39, 0.29) is 0 Å². The number of amides is 2. The van der Waals surface area contributed by atoms with Crippen LogP contribution in [0.4, 0.5) is 0 Å². The van der Waals surface area contributed by atoms with Gasteiger partial charge in [0.25, 0.3) is 0 Å². The van der Waals surface area contributed by atoms with Crippen molar-refractivity contribution in [2.75, 3.05) is 0 Å². The quantitative estimate of drug-likeness (QED) is 0.399. The molecule has 0 radical (unpaired) electrons. The molecule has 0 atom stereocenters. The molecule has 0 aliphatic rings. The fraction of sp³-hybridized carbons (Fsp3) is 0.111. The van der Waals surface area contributed by atoms with Crippen LogP contribution in [-0.4, -0.2) is 23.2 Å². The average molecular weight is 480 g/mol. The monoisotopic (exact) mass is 478 g/mol. The van der Waals surface area contributed by atoms with Crippen LogP contribution in [0.1, 0.15) is 25.0 Å². The first-order chi connectivity index (χ1) is 12.4. The van der Waals surface area contributed by atoms with Gasteiger partial charge in [-0.05, 0) is 49.2 Å². The Labute approximate surface area is 168 Å². The number of benzene rings is 2. The molecule has 6 nitrogen and oxygen atoms in total. The van der Waals surface area contributed by atoms with Crippen molar-refractivity contribution < 1.29 is 9.59 Å². The summed E-state index contributed by atoms with van der Waals surface area (Å²) in [5.41, 5.74) is 7.22. The van der Waals surface area contributed by atoms with Gasteiger partial charge in [0.15, 0.2) is 0 Å². The predicted octanol–water partition coefficient (Wildman–Crippen LogP) is 3.59. The number of nitrogens with one attached hydrogen (secondary N) is 2. The molecule has 2 aromatic rings. The molecule has 2 rings (SSSR count). The Bertz CT molecular complexity index is 821. The highest BCUT2D eigenvalue weighted by Gasteiger charge is 2.12. The molecule has 0 saturated carbocycles. The molecule has 134 valence electrons. The van der Waals surface area contributed by atoms with Crippen LogP contribution in [0.2, 0.25) is 0 Å². The number of halogens is 2. The first-order valence-corrected chi connectivity index (χ1v) is 9.16. The van der Waals surface area contributed by atoms with Crippen LogP contribution in [0.25, 0.3) is 0 Å². The van der Waals surface area contributed by atoms with Gasteiger partial charge in [-0.15, -0.1) is 0 Å². The van der Waals surface area contributed by atoms with Gasteiger partial charge in [0, 0.05) is 8.95 Å². The largest absolute Gasteiger partial charge is 0.331 e. The van der Waals surface area contributed by atoms with Gasteiger partial charge in [-0.25, -0.2) is 10.9 Å². The van der Waals surface area contributed by atoms with Crippen LogP contribution in [0.5, 0.6) is 0 Å². The minimum absolute atomic E-state index is 0.571. The highest BCUT2D eigenvalue weighted by molar-refractivity contribution is 9.10. The summed E-state index contributed by atoms with van der Waals surface area (Å²) < 4.78 is 1.79. The number of carbonyl (C=O) groups is 2. The molecule has 0 bridgehead atoms. The molecule has 0 aromatic heterocycles. The van der Waals surface area contributed by atoms with E-state index in [0.717, 1.165) is 20.1 Å². The van der Waals surface area contributed by atoms with Gasteiger partial charge in [0.2, 0.25) is 0 Å². The van der Waals surface area contributed by atoms with E-state index in [9.17, 15) is 9.59 Å². The Morgan fingerprint density at radius 1 is 0.769 bits per heavy atom. The minimum atomic E-state index is -0.898. The molecule has 0 aliphatic heterocycles. The lowest BCUT2D eigenvalue weighted by Crippen LogP contribution is -2.36. The van der Waals surface area contributed by atoms with Gasteiger partial charge in [-0.2, -0.15) is 10.2 Å². The van der Waals surface area contributed by atoms with E-state index in [2.05, 4.69) is 52.9 Å². The summed E-state index contributed by atoms with van der Waals surface area (Å²) in [6, 6.07) is 14.9. The fourth-order valence-corrected chi connectivity index (χ4v) is 2.73. The molecule has 0 fully saturated rings. The summed E-state index contributed by atoms with van der Waals surface area (Å²) in [7, 11) is 0. The Kier molecular flexibility index (Phi) is 7.23. The zero-order valence-electron chi connectivity index (χ0n) is 14.1. The summed E-state index contributed by atoms with van der Waals surface area (Å²) in [6.45, 7) is 3.46. The lowest BCUT2D eigenvalue weighted by atomic mass is 10.1. The molecule has 2 aromatic carbocycles. The molecule has 2 N–H and O–H groups in total. The Morgan fingerprint density at radius 3 is 1.50 bits per heavy atom. The molecule has 0 aliphatic carbocycles. The third-order valence-corrected chi connectivity index (χ3v) is 4.33. The van der Waals surface area contributed by atoms with Crippen LogP contribution in [0, 0.1) is 0 Å². The fourth-order valence-electron chi connectivity index (χ4n) is 1.93. The molecule has 0 saturated heterocycles. The Balaban J connectivity index is 1.96. The van der Waals surface area contributed by atoms with E-state index in [1.165, 1.54) is 0 Å². The summed E-state index contributed by atoms with van der Waals surface area (Å²) >= 11 is 6.73. The molecule has 0 heterocycles. The predicted molar refractivity (Wildman–Crippen MR) is 109 cm³/mol. The van der Waals surface area contributed by atoms with E-state index in [0.29, 0.717) is 11.4 Å². The van der Waals surface area contributed by atoms with Crippen molar-refractivity contribution in [3.8, 4) is 0 Å². The van der Waals surface area contributed by atoms with Crippen LogP contribution in [0.3, 0.4) is 0 Å². The normalized spacial score (nSPS) is 11.8. The minimum Gasteiger partial charge on any atom is -0.262 e. The van der Waals surface area contributed by atoms with Crippen molar-refractivity contribution in [1.82, 2.24) is 10.9 Å². The lowest BCUT2D eigenvalue weighted by Gasteiger charge is -2.04. The first kappa shape index (κ1) is 20.0. The maximum absolute atomic E-state index is 11.8. The van der Waals surface area contributed by atoms with E-state index in [1.807, 2.05) is 48.5 Å². The topological polar surface area (TPSA) is 82.9 Å². The second kappa shape index (κ2) is 9.40. The SMILES string of the molecule is CC(=NNC(=O)C(=O)NN=C(C)c1cccc(Br)c1)c1cccc(Br)c1. The number of hydrogen-bond acceptors (Lipinski definition) is 4. The molecule has 8 heteroatoms. The van der Waals surface area contributed by atoms with Crippen molar-refractivity contribution in [2.24, 2.45) is 10.2 Å². The molecule has 26 heavy (non-hydrogen) atoms. The van der Waals surface area contributed by atoms with Gasteiger partial charge in [-0.1, -0.05) is 56.1 Å². The molecule has 2 amide bonds. The van der Waals surface area contributed by atoms with Gasteiger partial charge in [-0.3, -0.25) is 9.59 Å². The number of hydrogen-bond donors (Lipinski definition) is 2. The van der Waals surface area contributed by atoms with Crippen molar-refractivity contribution in [1.29, 1.82) is 0 Å². The van der Waals surface area contributed by atoms with Crippen molar-refractivity contribution in [3.63, 3.8) is 0 Å². The summed E-state index contributed by atoms with van der Waals surface area (Å²) in [5.74, 6) is -1.80. The van der Waals surface area contributed by atoms with Crippen molar-refractivity contribution in [3.05, 3.63) is 68.6 Å². The van der Waals surface area contributed by atoms with E-state index in [1.54, 1.807) is 13.8 Å². The van der Waals surface area contributed by atoms with E-state index >= 15 is 0 Å². The maximum atomic E-state index is 11.8. The van der Waals surface area contributed by atoms with Crippen LogP contribution >= 0.6 is 31.9 Å². The smallest absolute Gasteiger partial charge is 0.262 e. The lowest BCUT2D eigenvalue weighted by molar-refractivity contribution is -0.139. The number of rotatable bonds is 4. The second-order valence-corrected chi connectivity index (χ2v) is 7.13. The number of nitrogens with zero attached hydrogens (tertiary/aromatic N) is 2. The molecular weight excluding hydrogens is 464 g/mol. The van der Waals surface area contributed by atoms with Gasteiger partial charge in [0.1, 0.15) is 0 Å². The Morgan fingerprint density at radius 2 is 1.15 bits per heavy atom. The summed E-state index contributed by atoms with van der Waals surface area (Å²) in [5, 5.41) is 7.87. The zero-order valence-corrected chi connectivity index (χ0v) is 17.3. The van der Waals surface area contributed by atoms with Crippen molar-refractivity contribution >= 4 is 55.1 Å². The maximum Gasteiger partial charge on any atom is 0.331 e. The summed E-state index contributed by atoms with van der Waals surface area (Å²) in [6.07, 6.45) is 0. The average Bonchev–Trinajstić information content (AvgIpc) is 2.63. The van der Waals surface area contributed by atoms with Crippen LogP contribution in [0.15, 0.2) is 67.7 Å². The first-order valence-electron chi connectivity index (χ1n) is 7.57.